The number of aliphatic hydroxyl groups is 1. The Morgan fingerprint density at radius 1 is 1.16 bits per heavy atom. The second-order valence-electron chi connectivity index (χ2n) is 9.66. The summed E-state index contributed by atoms with van der Waals surface area (Å²) in [6.07, 6.45) is 3.76. The van der Waals surface area contributed by atoms with Crippen LogP contribution in [0.1, 0.15) is 56.6 Å². The van der Waals surface area contributed by atoms with Gasteiger partial charge in [-0.1, -0.05) is 43.3 Å². The number of rotatable bonds is 8. The van der Waals surface area contributed by atoms with Crippen molar-refractivity contribution in [1.29, 1.82) is 0 Å². The van der Waals surface area contributed by atoms with Crippen LogP contribution in [-0.2, 0) is 11.3 Å². The van der Waals surface area contributed by atoms with Gasteiger partial charge in [0.15, 0.2) is 17.3 Å². The minimum Gasteiger partial charge on any atom is -0.493 e. The highest BCUT2D eigenvalue weighted by molar-refractivity contribution is 5.81. The molecule has 5 heteroatoms. The minimum atomic E-state index is -1.02. The van der Waals surface area contributed by atoms with Crippen LogP contribution in [0, 0.1) is 5.41 Å². The summed E-state index contributed by atoms with van der Waals surface area (Å²) in [7, 11) is 1.66. The lowest BCUT2D eigenvalue weighted by atomic mass is 9.71. The predicted molar refractivity (Wildman–Crippen MR) is 125 cm³/mol. The lowest BCUT2D eigenvalue weighted by Crippen LogP contribution is -2.42. The quantitative estimate of drug-likeness (QED) is 0.655. The number of ketones is 1. The van der Waals surface area contributed by atoms with Crippen LogP contribution in [-0.4, -0.2) is 48.2 Å². The molecule has 4 rings (SSSR count). The number of methoxy groups -OCH3 is 1. The Kier molecular flexibility index (Phi) is 6.87. The maximum Gasteiger partial charge on any atom is 0.161 e. The standard InChI is InChI=1S/C27H35NO4/c1-19(29)26(30)27(2)18-28(16-20-9-5-4-6-10-20)17-23(27)21-13-14-24(31-3)25(15-21)32-22-11-7-8-12-22/h4-6,9-10,13-15,22-23,26,30H,7-8,11-12,16-18H2,1-3H3/t23-,26?,27?/m0/s1. The van der Waals surface area contributed by atoms with E-state index < -0.39 is 11.5 Å². The molecule has 2 aliphatic rings. The van der Waals surface area contributed by atoms with Gasteiger partial charge in [0, 0.05) is 31.0 Å². The molecule has 1 heterocycles. The molecule has 0 spiro atoms. The molecule has 1 saturated carbocycles. The number of aliphatic hydroxyl groups excluding tert-OH is 1. The Bertz CT molecular complexity index is 925. The smallest absolute Gasteiger partial charge is 0.161 e. The van der Waals surface area contributed by atoms with Crippen LogP contribution in [0.25, 0.3) is 0 Å². The van der Waals surface area contributed by atoms with E-state index in [9.17, 15) is 9.90 Å². The van der Waals surface area contributed by atoms with Crippen molar-refractivity contribution in [1.82, 2.24) is 4.90 Å². The molecule has 0 radical (unpaired) electrons. The molecular weight excluding hydrogens is 402 g/mol. The number of hydrogen-bond acceptors (Lipinski definition) is 5. The average Bonchev–Trinajstić information content (AvgIpc) is 3.42. The molecule has 2 fully saturated rings. The third kappa shape index (κ3) is 4.69. The van der Waals surface area contributed by atoms with Crippen molar-refractivity contribution < 1.29 is 19.4 Å². The first-order valence-corrected chi connectivity index (χ1v) is 11.7. The monoisotopic (exact) mass is 437 g/mol. The van der Waals surface area contributed by atoms with Crippen LogP contribution >= 0.6 is 0 Å². The van der Waals surface area contributed by atoms with Crippen LogP contribution in [0.3, 0.4) is 0 Å². The fourth-order valence-corrected chi connectivity index (χ4v) is 5.50. The molecule has 0 bridgehead atoms. The highest BCUT2D eigenvalue weighted by atomic mass is 16.5. The van der Waals surface area contributed by atoms with E-state index >= 15 is 0 Å². The van der Waals surface area contributed by atoms with Crippen LogP contribution in [0.4, 0.5) is 0 Å². The Morgan fingerprint density at radius 3 is 2.53 bits per heavy atom. The SMILES string of the molecule is COc1ccc([C@@H]2CN(Cc3ccccc3)CC2(C)C(O)C(C)=O)cc1OC1CCCC1. The van der Waals surface area contributed by atoms with Gasteiger partial charge in [0.1, 0.15) is 6.10 Å². The maximum atomic E-state index is 12.3. The summed E-state index contributed by atoms with van der Waals surface area (Å²) < 4.78 is 11.9. The average molecular weight is 438 g/mol. The highest BCUT2D eigenvalue weighted by Crippen LogP contribution is 2.47. The summed E-state index contributed by atoms with van der Waals surface area (Å²) in [6, 6.07) is 16.4. The molecule has 32 heavy (non-hydrogen) atoms. The number of carbonyl (C=O) groups is 1. The van der Waals surface area contributed by atoms with Crippen molar-refractivity contribution in [2.45, 2.75) is 64.2 Å². The molecule has 5 nitrogen and oxygen atoms in total. The number of likely N-dealkylation sites (tertiary alicyclic amines) is 1. The second-order valence-corrected chi connectivity index (χ2v) is 9.66. The number of benzene rings is 2. The zero-order chi connectivity index (χ0) is 22.7. The topological polar surface area (TPSA) is 59.0 Å². The Balaban J connectivity index is 1.64. The lowest BCUT2D eigenvalue weighted by Gasteiger charge is -2.35. The van der Waals surface area contributed by atoms with Crippen molar-refractivity contribution in [3.05, 3.63) is 59.7 Å². The molecule has 1 saturated heterocycles. The van der Waals surface area contributed by atoms with Crippen molar-refractivity contribution in [2.75, 3.05) is 20.2 Å². The zero-order valence-corrected chi connectivity index (χ0v) is 19.4. The van der Waals surface area contributed by atoms with Gasteiger partial charge in [-0.05, 0) is 55.9 Å². The maximum absolute atomic E-state index is 12.3. The largest absolute Gasteiger partial charge is 0.493 e. The van der Waals surface area contributed by atoms with Gasteiger partial charge in [-0.3, -0.25) is 9.69 Å². The van der Waals surface area contributed by atoms with Gasteiger partial charge in [-0.15, -0.1) is 0 Å². The summed E-state index contributed by atoms with van der Waals surface area (Å²) in [5.41, 5.74) is 1.73. The van der Waals surface area contributed by atoms with Gasteiger partial charge in [0.25, 0.3) is 0 Å². The highest BCUT2D eigenvalue weighted by Gasteiger charge is 2.50. The van der Waals surface area contributed by atoms with E-state index in [1.807, 2.05) is 31.2 Å². The summed E-state index contributed by atoms with van der Waals surface area (Å²) in [5.74, 6) is 1.31. The second kappa shape index (κ2) is 9.63. The van der Waals surface area contributed by atoms with Gasteiger partial charge < -0.3 is 14.6 Å². The van der Waals surface area contributed by atoms with Crippen molar-refractivity contribution >= 4 is 5.78 Å². The molecule has 1 aliphatic carbocycles. The summed E-state index contributed by atoms with van der Waals surface area (Å²) in [6.45, 7) is 5.73. The molecule has 172 valence electrons. The molecule has 2 aromatic carbocycles. The van der Waals surface area contributed by atoms with Crippen molar-refractivity contribution in [2.24, 2.45) is 5.41 Å². The molecule has 0 amide bonds. The van der Waals surface area contributed by atoms with E-state index in [0.29, 0.717) is 6.54 Å². The molecular formula is C27H35NO4. The van der Waals surface area contributed by atoms with Gasteiger partial charge in [0.2, 0.25) is 0 Å². The Morgan fingerprint density at radius 2 is 1.88 bits per heavy atom. The van der Waals surface area contributed by atoms with Crippen molar-refractivity contribution in [3.8, 4) is 11.5 Å². The predicted octanol–water partition coefficient (Wildman–Crippen LogP) is 4.57. The summed E-state index contributed by atoms with van der Waals surface area (Å²) in [4.78, 5) is 14.6. The van der Waals surface area contributed by atoms with E-state index in [1.165, 1.54) is 25.3 Å². The van der Waals surface area contributed by atoms with E-state index in [4.69, 9.17) is 9.47 Å². The van der Waals surface area contributed by atoms with E-state index in [1.54, 1.807) is 7.11 Å². The number of Topliss-reactive ketones (excluding diaryl/α,β-unsaturated/α-hetero) is 1. The van der Waals surface area contributed by atoms with Crippen LogP contribution in [0.2, 0.25) is 0 Å². The van der Waals surface area contributed by atoms with Crippen LogP contribution in [0.5, 0.6) is 11.5 Å². The molecule has 1 aliphatic heterocycles. The number of carbonyl (C=O) groups excluding carboxylic acids is 1. The lowest BCUT2D eigenvalue weighted by molar-refractivity contribution is -0.131. The van der Waals surface area contributed by atoms with Crippen LogP contribution in [0.15, 0.2) is 48.5 Å². The zero-order valence-electron chi connectivity index (χ0n) is 19.4. The molecule has 0 aromatic heterocycles. The van der Waals surface area contributed by atoms with E-state index in [2.05, 4.69) is 29.2 Å². The first-order chi connectivity index (χ1) is 15.4. The first-order valence-electron chi connectivity index (χ1n) is 11.7. The van der Waals surface area contributed by atoms with Crippen molar-refractivity contribution in [3.63, 3.8) is 0 Å². The third-order valence-electron chi connectivity index (χ3n) is 7.25. The Labute approximate surface area is 191 Å². The van der Waals surface area contributed by atoms with Crippen LogP contribution < -0.4 is 9.47 Å². The van der Waals surface area contributed by atoms with E-state index in [-0.39, 0.29) is 17.8 Å². The number of ether oxygens (including phenoxy) is 2. The minimum absolute atomic E-state index is 0.00180. The summed E-state index contributed by atoms with van der Waals surface area (Å²) >= 11 is 0. The van der Waals surface area contributed by atoms with Gasteiger partial charge in [-0.2, -0.15) is 0 Å². The molecule has 3 atom stereocenters. The fraction of sp³-hybridized carbons (Fsp3) is 0.519. The van der Waals surface area contributed by atoms with E-state index in [0.717, 1.165) is 43.0 Å². The first kappa shape index (κ1) is 22.8. The Hall–Kier alpha value is -2.37. The molecule has 1 N–H and O–H groups in total. The molecule has 2 aromatic rings. The van der Waals surface area contributed by atoms with Gasteiger partial charge in [-0.25, -0.2) is 0 Å². The number of hydrogen-bond donors (Lipinski definition) is 1. The normalized spacial score (nSPS) is 25.1. The summed E-state index contributed by atoms with van der Waals surface area (Å²) in [5, 5.41) is 11.0. The fourth-order valence-electron chi connectivity index (χ4n) is 5.50. The molecule has 2 unspecified atom stereocenters. The number of nitrogens with zero attached hydrogens (tertiary/aromatic N) is 1. The van der Waals surface area contributed by atoms with Gasteiger partial charge >= 0.3 is 0 Å². The third-order valence-corrected chi connectivity index (χ3v) is 7.25. The van der Waals surface area contributed by atoms with Gasteiger partial charge in [0.05, 0.1) is 13.2 Å².